The van der Waals surface area contributed by atoms with Crippen molar-refractivity contribution >= 4 is 21.7 Å². The molecule has 102 valence electrons. The van der Waals surface area contributed by atoms with Crippen molar-refractivity contribution in [2.45, 2.75) is 11.8 Å². The zero-order valence-electron chi connectivity index (χ0n) is 10.8. The Hall–Kier alpha value is -2.09. The molecule has 0 saturated carbocycles. The van der Waals surface area contributed by atoms with E-state index in [4.69, 9.17) is 4.52 Å². The number of H-pyrrole nitrogens is 1. The first-order valence-electron chi connectivity index (χ1n) is 5.49. The molecule has 0 aliphatic heterocycles. The molecule has 2 aromatic rings. The highest BCUT2D eigenvalue weighted by atomic mass is 32.2. The number of sulfonamides is 1. The van der Waals surface area contributed by atoms with Gasteiger partial charge < -0.3 is 9.25 Å². The molecule has 1 N–H and O–H groups in total. The van der Waals surface area contributed by atoms with Crippen LogP contribution in [0.4, 0.5) is 11.6 Å². The number of aromatic amines is 1. The maximum absolute atomic E-state index is 12.0. The van der Waals surface area contributed by atoms with E-state index in [0.717, 1.165) is 5.82 Å². The fourth-order valence-electron chi connectivity index (χ4n) is 1.41. The van der Waals surface area contributed by atoms with Crippen molar-refractivity contribution in [2.75, 3.05) is 19.0 Å². The third-order valence-electron chi connectivity index (χ3n) is 2.38. The van der Waals surface area contributed by atoms with Gasteiger partial charge in [-0.15, -0.1) is 0 Å². The summed E-state index contributed by atoms with van der Waals surface area (Å²) in [6.45, 7) is 1.66. The van der Waals surface area contributed by atoms with Gasteiger partial charge in [0.1, 0.15) is 16.9 Å². The first-order chi connectivity index (χ1) is 8.88. The summed E-state index contributed by atoms with van der Waals surface area (Å²) in [6, 6.07) is 4.60. The van der Waals surface area contributed by atoms with E-state index >= 15 is 0 Å². The Morgan fingerprint density at radius 2 is 2.11 bits per heavy atom. The minimum atomic E-state index is -3.79. The van der Waals surface area contributed by atoms with E-state index in [2.05, 4.69) is 14.9 Å². The zero-order valence-corrected chi connectivity index (χ0v) is 11.6. The standard InChI is InChI=1S/C11H13N4O3S/c1-8-6-10(13-18-8)14-19(16,17)9-4-5-11(12-7-9)15(2)3/h4-7H,1-3H3/q-1/p+1. The van der Waals surface area contributed by atoms with Crippen LogP contribution in [0.15, 0.2) is 33.8 Å². The van der Waals surface area contributed by atoms with Gasteiger partial charge in [0.25, 0.3) is 5.82 Å². The summed E-state index contributed by atoms with van der Waals surface area (Å²) in [5, 5.41) is 3.53. The fourth-order valence-corrected chi connectivity index (χ4v) is 2.30. The Kier molecular flexibility index (Phi) is 3.43. The second-order valence-corrected chi connectivity index (χ2v) is 5.77. The van der Waals surface area contributed by atoms with Crippen LogP contribution in [0.3, 0.4) is 0 Å². The van der Waals surface area contributed by atoms with Crippen LogP contribution in [0, 0.1) is 6.92 Å². The van der Waals surface area contributed by atoms with E-state index < -0.39 is 10.0 Å². The first kappa shape index (κ1) is 13.3. The lowest BCUT2D eigenvalue weighted by Crippen LogP contribution is -2.20. The fraction of sp³-hybridized carbons (Fsp3) is 0.273. The molecule has 0 atom stereocenters. The quantitative estimate of drug-likeness (QED) is 0.841. The molecule has 2 aromatic heterocycles. The Bertz CT molecular complexity index is 662. The molecule has 0 radical (unpaired) electrons. The lowest BCUT2D eigenvalue weighted by atomic mass is 10.4. The van der Waals surface area contributed by atoms with Crippen LogP contribution in [-0.4, -0.2) is 27.7 Å². The minimum absolute atomic E-state index is 0.0363. The van der Waals surface area contributed by atoms with Crippen molar-refractivity contribution in [1.82, 2.24) is 5.16 Å². The predicted octanol–water partition coefficient (Wildman–Crippen LogP) is 1.26. The SMILES string of the molecule is Cc1cc([N-]S(=O)(=O)c2ccc(N(C)C)[nH+]c2)no1. The van der Waals surface area contributed by atoms with Crippen molar-refractivity contribution in [2.24, 2.45) is 0 Å². The van der Waals surface area contributed by atoms with Gasteiger partial charge in [0.15, 0.2) is 0 Å². The first-order valence-corrected chi connectivity index (χ1v) is 6.93. The topological polar surface area (TPSA) is 91.7 Å². The van der Waals surface area contributed by atoms with E-state index in [9.17, 15) is 8.42 Å². The van der Waals surface area contributed by atoms with Crippen molar-refractivity contribution in [3.8, 4) is 0 Å². The summed E-state index contributed by atoms with van der Waals surface area (Å²) in [4.78, 5) is 4.77. The molecule has 2 heterocycles. The van der Waals surface area contributed by atoms with Gasteiger partial charge in [-0.2, -0.15) is 0 Å². The number of aryl methyl sites for hydroxylation is 1. The zero-order chi connectivity index (χ0) is 14.0. The lowest BCUT2D eigenvalue weighted by Gasteiger charge is -2.11. The van der Waals surface area contributed by atoms with Crippen molar-refractivity contribution < 1.29 is 17.9 Å². The molecule has 0 amide bonds. The van der Waals surface area contributed by atoms with Crippen molar-refractivity contribution in [1.29, 1.82) is 0 Å². The summed E-state index contributed by atoms with van der Waals surface area (Å²) >= 11 is 0. The minimum Gasteiger partial charge on any atom is -0.460 e. The maximum atomic E-state index is 12.0. The monoisotopic (exact) mass is 282 g/mol. The molecule has 0 unspecified atom stereocenters. The predicted molar refractivity (Wildman–Crippen MR) is 68.8 cm³/mol. The second kappa shape index (κ2) is 4.88. The molecule has 8 heteroatoms. The summed E-state index contributed by atoms with van der Waals surface area (Å²) in [5.41, 5.74) is 0. The molecule has 7 nitrogen and oxygen atoms in total. The molecule has 0 bridgehead atoms. The smallest absolute Gasteiger partial charge is 0.273 e. The Labute approximate surface area is 111 Å². The van der Waals surface area contributed by atoms with Gasteiger partial charge in [-0.25, -0.2) is 13.4 Å². The van der Waals surface area contributed by atoms with E-state index in [0.29, 0.717) is 5.76 Å². The highest BCUT2D eigenvalue weighted by molar-refractivity contribution is 7.94. The normalized spacial score (nSPS) is 11.3. The van der Waals surface area contributed by atoms with Crippen LogP contribution in [0.2, 0.25) is 0 Å². The highest BCUT2D eigenvalue weighted by Crippen LogP contribution is 2.26. The number of hydrogen-bond donors (Lipinski definition) is 0. The Morgan fingerprint density at radius 1 is 1.37 bits per heavy atom. The highest BCUT2D eigenvalue weighted by Gasteiger charge is 2.13. The van der Waals surface area contributed by atoms with E-state index in [1.54, 1.807) is 13.0 Å². The molecule has 19 heavy (non-hydrogen) atoms. The van der Waals surface area contributed by atoms with E-state index in [1.807, 2.05) is 19.0 Å². The average Bonchev–Trinajstić information content (AvgIpc) is 2.74. The van der Waals surface area contributed by atoms with Gasteiger partial charge in [0.2, 0.25) is 10.0 Å². The average molecular weight is 282 g/mol. The van der Waals surface area contributed by atoms with Gasteiger partial charge >= 0.3 is 0 Å². The number of nitrogens with zero attached hydrogens (tertiary/aromatic N) is 3. The largest absolute Gasteiger partial charge is 0.460 e. The van der Waals surface area contributed by atoms with Crippen molar-refractivity contribution in [3.05, 3.63) is 34.9 Å². The van der Waals surface area contributed by atoms with Crippen molar-refractivity contribution in [3.63, 3.8) is 0 Å². The summed E-state index contributed by atoms with van der Waals surface area (Å²) < 4.78 is 32.4. The molecule has 0 fully saturated rings. The number of rotatable bonds is 4. The van der Waals surface area contributed by atoms with Crippen LogP contribution in [-0.2, 0) is 10.0 Å². The van der Waals surface area contributed by atoms with Gasteiger partial charge in [-0.3, -0.25) is 10.1 Å². The van der Waals surface area contributed by atoms with Crippen LogP contribution in [0.1, 0.15) is 5.76 Å². The molecule has 0 spiro atoms. The third-order valence-corrected chi connectivity index (χ3v) is 3.65. The van der Waals surface area contributed by atoms with Crippen LogP contribution in [0.25, 0.3) is 4.72 Å². The molecular formula is C11H14N4O3S. The number of anilines is 1. The molecule has 0 saturated heterocycles. The van der Waals surface area contributed by atoms with Gasteiger partial charge in [0, 0.05) is 6.07 Å². The number of pyridine rings is 1. The number of aromatic nitrogens is 2. The van der Waals surface area contributed by atoms with E-state index in [-0.39, 0.29) is 10.7 Å². The number of hydrogen-bond acceptors (Lipinski definition) is 5. The molecule has 0 aromatic carbocycles. The Morgan fingerprint density at radius 3 is 2.58 bits per heavy atom. The van der Waals surface area contributed by atoms with Crippen LogP contribution in [0.5, 0.6) is 0 Å². The summed E-state index contributed by atoms with van der Waals surface area (Å²) in [7, 11) is -0.0902. The van der Waals surface area contributed by atoms with Gasteiger partial charge in [-0.1, -0.05) is 0 Å². The molecule has 0 aliphatic carbocycles. The molecule has 0 aliphatic rings. The summed E-state index contributed by atoms with van der Waals surface area (Å²) in [5.74, 6) is 1.33. The maximum Gasteiger partial charge on any atom is 0.273 e. The second-order valence-electron chi connectivity index (χ2n) is 4.17. The lowest BCUT2D eigenvalue weighted by molar-refractivity contribution is -0.366. The molecular weight excluding hydrogens is 268 g/mol. The van der Waals surface area contributed by atoms with Gasteiger partial charge in [0.05, 0.1) is 14.1 Å². The van der Waals surface area contributed by atoms with Gasteiger partial charge in [-0.05, 0) is 24.9 Å². The Balaban J connectivity index is 2.24. The van der Waals surface area contributed by atoms with E-state index in [1.165, 1.54) is 18.3 Å². The van der Waals surface area contributed by atoms with Crippen LogP contribution >= 0.6 is 0 Å². The van der Waals surface area contributed by atoms with Crippen LogP contribution < -0.4 is 9.88 Å². The number of nitrogens with one attached hydrogen (secondary N) is 1. The third kappa shape index (κ3) is 3.02. The molecule has 2 rings (SSSR count). The summed E-state index contributed by atoms with van der Waals surface area (Å²) in [6.07, 6.45) is 1.39.